The van der Waals surface area contributed by atoms with Crippen molar-refractivity contribution < 1.29 is 24.2 Å². The molecule has 2 atom stereocenters. The van der Waals surface area contributed by atoms with E-state index in [4.69, 9.17) is 9.47 Å². The van der Waals surface area contributed by atoms with Crippen LogP contribution >= 0.6 is 0 Å². The van der Waals surface area contributed by atoms with Gasteiger partial charge < -0.3 is 19.5 Å². The topological polar surface area (TPSA) is 76.1 Å². The smallest absolute Gasteiger partial charge is 0.308 e. The number of carbonyl (C=O) groups excluding carboxylic acids is 2. The van der Waals surface area contributed by atoms with Crippen LogP contribution in [0.5, 0.6) is 0 Å². The molecule has 0 aliphatic rings. The number of aliphatic hydroxyl groups is 1. The van der Waals surface area contributed by atoms with Crippen LogP contribution < -0.4 is 0 Å². The average Bonchev–Trinajstić information content (AvgIpc) is 3.12. The molecule has 0 aromatic rings. The number of rotatable bonds is 39. The Kier molecular flexibility index (Phi) is 35.1. The van der Waals surface area contributed by atoms with Crippen molar-refractivity contribution in [3.05, 3.63) is 0 Å². The largest absolute Gasteiger partial charge is 0.465 e. The molecular formula is C45H89NO5. The van der Waals surface area contributed by atoms with Gasteiger partial charge in [0.05, 0.1) is 30.7 Å². The van der Waals surface area contributed by atoms with Crippen LogP contribution in [0.3, 0.4) is 0 Å². The molecule has 0 rings (SSSR count). The Hall–Kier alpha value is -1.14. The third kappa shape index (κ3) is 29.0. The zero-order chi connectivity index (χ0) is 37.8. The van der Waals surface area contributed by atoms with Gasteiger partial charge >= 0.3 is 11.9 Å². The van der Waals surface area contributed by atoms with Gasteiger partial charge in [-0.1, -0.05) is 144 Å². The first-order valence-corrected chi connectivity index (χ1v) is 22.6. The summed E-state index contributed by atoms with van der Waals surface area (Å²) in [5, 5.41) is 11.8. The molecule has 304 valence electrons. The lowest BCUT2D eigenvalue weighted by atomic mass is 9.85. The van der Waals surface area contributed by atoms with Gasteiger partial charge in [0.1, 0.15) is 0 Å². The molecule has 2 unspecified atom stereocenters. The van der Waals surface area contributed by atoms with Crippen LogP contribution in [0.2, 0.25) is 0 Å². The van der Waals surface area contributed by atoms with Crippen molar-refractivity contribution in [1.82, 2.24) is 4.90 Å². The molecule has 6 nitrogen and oxygen atoms in total. The third-order valence-electron chi connectivity index (χ3n) is 10.8. The molecule has 0 radical (unpaired) electrons. The van der Waals surface area contributed by atoms with Gasteiger partial charge in [0.15, 0.2) is 0 Å². The maximum atomic E-state index is 12.7. The van der Waals surface area contributed by atoms with E-state index in [1.807, 2.05) is 0 Å². The fraction of sp³-hybridized carbons (Fsp3) is 0.956. The molecule has 0 aliphatic heterocycles. The average molecular weight is 724 g/mol. The molecule has 0 spiro atoms. The quantitative estimate of drug-likeness (QED) is 0.0503. The molecule has 51 heavy (non-hydrogen) atoms. The summed E-state index contributed by atoms with van der Waals surface area (Å²) in [7, 11) is 0. The highest BCUT2D eigenvalue weighted by Crippen LogP contribution is 2.29. The fourth-order valence-electron chi connectivity index (χ4n) is 7.48. The van der Waals surface area contributed by atoms with E-state index in [9.17, 15) is 14.7 Å². The van der Waals surface area contributed by atoms with Gasteiger partial charge in [-0.2, -0.15) is 0 Å². The summed E-state index contributed by atoms with van der Waals surface area (Å²) in [6.45, 7) is 17.8. The van der Waals surface area contributed by atoms with E-state index in [2.05, 4.69) is 46.4 Å². The van der Waals surface area contributed by atoms with Gasteiger partial charge in [-0.05, 0) is 103 Å². The van der Waals surface area contributed by atoms with Crippen molar-refractivity contribution in [2.45, 2.75) is 233 Å². The predicted molar refractivity (Wildman–Crippen MR) is 218 cm³/mol. The van der Waals surface area contributed by atoms with E-state index >= 15 is 0 Å². The van der Waals surface area contributed by atoms with Crippen molar-refractivity contribution in [2.75, 3.05) is 32.8 Å². The van der Waals surface area contributed by atoms with Crippen LogP contribution in [0, 0.1) is 11.8 Å². The second kappa shape index (κ2) is 35.9. The highest BCUT2D eigenvalue weighted by atomic mass is 16.5. The number of hydrogen-bond acceptors (Lipinski definition) is 6. The normalized spacial score (nSPS) is 14.0. The first-order chi connectivity index (χ1) is 24.8. The molecule has 0 saturated heterocycles. The van der Waals surface area contributed by atoms with Crippen molar-refractivity contribution in [2.24, 2.45) is 11.8 Å². The van der Waals surface area contributed by atoms with Crippen LogP contribution in [0.1, 0.15) is 228 Å². The monoisotopic (exact) mass is 724 g/mol. The predicted octanol–water partition coefficient (Wildman–Crippen LogP) is 12.8. The summed E-state index contributed by atoms with van der Waals surface area (Å²) in [6.07, 6.45) is 30.5. The minimum absolute atomic E-state index is 0.0158. The number of carbonyl (C=O) groups is 2. The van der Waals surface area contributed by atoms with E-state index < -0.39 is 5.60 Å². The van der Waals surface area contributed by atoms with Crippen molar-refractivity contribution in [1.29, 1.82) is 0 Å². The van der Waals surface area contributed by atoms with Crippen LogP contribution in [-0.4, -0.2) is 60.4 Å². The first kappa shape index (κ1) is 49.9. The van der Waals surface area contributed by atoms with Crippen molar-refractivity contribution in [3.8, 4) is 0 Å². The van der Waals surface area contributed by atoms with Crippen LogP contribution in [0.15, 0.2) is 0 Å². The molecule has 0 amide bonds. The number of esters is 2. The van der Waals surface area contributed by atoms with Crippen LogP contribution in [0.4, 0.5) is 0 Å². The highest BCUT2D eigenvalue weighted by Gasteiger charge is 2.26. The van der Waals surface area contributed by atoms with E-state index in [1.54, 1.807) is 0 Å². The Morgan fingerprint density at radius 2 is 0.824 bits per heavy atom. The lowest BCUT2D eigenvalue weighted by molar-refractivity contribution is -0.150. The molecule has 0 aromatic heterocycles. The maximum Gasteiger partial charge on any atom is 0.308 e. The standard InChI is InChI=1S/C45H89NO5/c1-7-13-21-31-41(29-15-9-3)43(47)50-39-27-19-17-23-33-45(49,35-25-26-38-46(36-11-5)37-12-6)34-24-18-20-28-40-51-44(48)42(30-16-10-4)32-22-14-8-2/h41-42,49H,7-40H2,1-6H3. The number of ether oxygens (including phenoxy) is 2. The third-order valence-corrected chi connectivity index (χ3v) is 10.8. The zero-order valence-electron chi connectivity index (χ0n) is 35.2. The van der Waals surface area contributed by atoms with Gasteiger partial charge in [-0.15, -0.1) is 0 Å². The van der Waals surface area contributed by atoms with E-state index in [-0.39, 0.29) is 23.8 Å². The number of unbranched alkanes of at least 4 members (excludes halogenated alkanes) is 13. The summed E-state index contributed by atoms with van der Waals surface area (Å²) in [6, 6.07) is 0. The highest BCUT2D eigenvalue weighted by molar-refractivity contribution is 5.72. The molecule has 0 bridgehead atoms. The Morgan fingerprint density at radius 3 is 1.22 bits per heavy atom. The van der Waals surface area contributed by atoms with Gasteiger partial charge in [-0.25, -0.2) is 0 Å². The first-order valence-electron chi connectivity index (χ1n) is 22.6. The van der Waals surface area contributed by atoms with Gasteiger partial charge in [0.25, 0.3) is 0 Å². The molecule has 6 heteroatoms. The van der Waals surface area contributed by atoms with Crippen LogP contribution in [0.25, 0.3) is 0 Å². The summed E-state index contributed by atoms with van der Waals surface area (Å²) >= 11 is 0. The number of nitrogens with zero attached hydrogens (tertiary/aromatic N) is 1. The molecule has 0 saturated carbocycles. The molecular weight excluding hydrogens is 634 g/mol. The fourth-order valence-corrected chi connectivity index (χ4v) is 7.48. The summed E-state index contributed by atoms with van der Waals surface area (Å²) in [5.74, 6) is 0.172. The minimum atomic E-state index is -0.602. The lowest BCUT2D eigenvalue weighted by Gasteiger charge is -2.29. The Morgan fingerprint density at radius 1 is 0.451 bits per heavy atom. The molecule has 0 aromatic carbocycles. The van der Waals surface area contributed by atoms with E-state index in [0.717, 1.165) is 154 Å². The second-order valence-electron chi connectivity index (χ2n) is 15.9. The zero-order valence-corrected chi connectivity index (χ0v) is 35.2. The van der Waals surface area contributed by atoms with E-state index in [0.29, 0.717) is 13.2 Å². The van der Waals surface area contributed by atoms with E-state index in [1.165, 1.54) is 51.6 Å². The summed E-state index contributed by atoms with van der Waals surface area (Å²) < 4.78 is 11.5. The lowest BCUT2D eigenvalue weighted by Crippen LogP contribution is -2.30. The molecule has 1 N–H and O–H groups in total. The van der Waals surface area contributed by atoms with Crippen molar-refractivity contribution >= 4 is 11.9 Å². The van der Waals surface area contributed by atoms with Gasteiger partial charge in [0.2, 0.25) is 0 Å². The second-order valence-corrected chi connectivity index (χ2v) is 15.9. The minimum Gasteiger partial charge on any atom is -0.465 e. The molecule has 0 aliphatic carbocycles. The Balaban J connectivity index is 4.71. The van der Waals surface area contributed by atoms with Crippen molar-refractivity contribution in [3.63, 3.8) is 0 Å². The van der Waals surface area contributed by atoms with Gasteiger partial charge in [-0.3, -0.25) is 9.59 Å². The van der Waals surface area contributed by atoms with Gasteiger partial charge in [0, 0.05) is 0 Å². The summed E-state index contributed by atoms with van der Waals surface area (Å²) in [5.41, 5.74) is -0.602. The molecule has 0 heterocycles. The van der Waals surface area contributed by atoms with Crippen LogP contribution in [-0.2, 0) is 19.1 Å². The summed E-state index contributed by atoms with van der Waals surface area (Å²) in [4.78, 5) is 28.1. The SMILES string of the molecule is CCCCCC(CCCC)C(=O)OCCCCCCC(O)(CCCCCCOC(=O)C(CCCC)CCCCC)CCCCN(CCC)CCC. The number of hydrogen-bond donors (Lipinski definition) is 1. The molecule has 0 fully saturated rings. The maximum absolute atomic E-state index is 12.7. The Bertz CT molecular complexity index is 720. The Labute approximate surface area is 318 Å².